The normalized spacial score (nSPS) is 41.1. The van der Waals surface area contributed by atoms with Crippen molar-refractivity contribution in [1.82, 2.24) is 0 Å². The van der Waals surface area contributed by atoms with E-state index in [1.54, 1.807) is 0 Å². The fourth-order valence-corrected chi connectivity index (χ4v) is 8.07. The van der Waals surface area contributed by atoms with Crippen LogP contribution in [-0.4, -0.2) is 12.7 Å². The maximum absolute atomic E-state index is 12.5. The first-order valence-corrected chi connectivity index (χ1v) is 13.9. The van der Waals surface area contributed by atoms with Crippen molar-refractivity contribution < 1.29 is 13.5 Å². The molecule has 182 valence electrons. The highest BCUT2D eigenvalue weighted by Crippen LogP contribution is 2.48. The highest BCUT2D eigenvalue weighted by atomic mass is 19.3. The minimum Gasteiger partial charge on any atom is -0.374 e. The zero-order chi connectivity index (χ0) is 22.3. The van der Waals surface area contributed by atoms with Crippen LogP contribution in [-0.2, 0) is 4.74 Å². The Kier molecular flexibility index (Phi) is 9.26. The molecule has 0 radical (unpaired) electrons. The van der Waals surface area contributed by atoms with Crippen molar-refractivity contribution in [2.24, 2.45) is 41.4 Å². The molecular weight excluding hydrogens is 402 g/mol. The van der Waals surface area contributed by atoms with E-state index in [-0.39, 0.29) is 5.92 Å². The van der Waals surface area contributed by atoms with Crippen molar-refractivity contribution in [2.75, 3.05) is 6.61 Å². The average Bonchev–Trinajstić information content (AvgIpc) is 2.83. The third-order valence-corrected chi connectivity index (χ3v) is 9.98. The summed E-state index contributed by atoms with van der Waals surface area (Å²) in [6.45, 7) is 4.48. The first kappa shape index (κ1) is 24.4. The SMILES string of the molecule is C=CCOC1CCC(C2CCC(C3CCC(C4CCC(C=C(F)F)CC4)CC3)CC2)CC1. The van der Waals surface area contributed by atoms with Gasteiger partial charge in [-0.3, -0.25) is 0 Å². The summed E-state index contributed by atoms with van der Waals surface area (Å²) in [5.74, 6) is 5.69. The molecular formula is C29H46F2O. The van der Waals surface area contributed by atoms with Crippen LogP contribution in [0.1, 0.15) is 103 Å². The number of hydrogen-bond acceptors (Lipinski definition) is 1. The van der Waals surface area contributed by atoms with Gasteiger partial charge in [-0.15, -0.1) is 6.58 Å². The molecule has 0 bridgehead atoms. The third-order valence-electron chi connectivity index (χ3n) is 9.98. The Morgan fingerprint density at radius 1 is 0.594 bits per heavy atom. The summed E-state index contributed by atoms with van der Waals surface area (Å²) in [4.78, 5) is 0. The first-order valence-electron chi connectivity index (χ1n) is 13.9. The van der Waals surface area contributed by atoms with Gasteiger partial charge in [-0.05, 0) is 150 Å². The topological polar surface area (TPSA) is 9.23 Å². The molecule has 0 unspecified atom stereocenters. The summed E-state index contributed by atoms with van der Waals surface area (Å²) < 4.78 is 30.9. The highest BCUT2D eigenvalue weighted by molar-refractivity contribution is 4.93. The van der Waals surface area contributed by atoms with Crippen molar-refractivity contribution in [2.45, 2.75) is 109 Å². The Morgan fingerprint density at radius 2 is 0.938 bits per heavy atom. The van der Waals surface area contributed by atoms with E-state index in [1.165, 1.54) is 96.0 Å². The lowest BCUT2D eigenvalue weighted by molar-refractivity contribution is 0.0183. The molecule has 0 heterocycles. The standard InChI is InChI=1S/C29H46F2O/c1-2-19-32-28-17-15-27(16-18-28)26-13-11-25(12-14-26)24-9-7-23(8-10-24)22-5-3-21(4-6-22)20-29(30)31/h2,20-28H,1,3-19H2. The fourth-order valence-electron chi connectivity index (χ4n) is 8.07. The van der Waals surface area contributed by atoms with Crippen LogP contribution in [0, 0.1) is 41.4 Å². The zero-order valence-corrected chi connectivity index (χ0v) is 20.2. The van der Waals surface area contributed by atoms with Crippen LogP contribution in [0.15, 0.2) is 24.8 Å². The minimum atomic E-state index is -1.48. The Labute approximate surface area is 195 Å². The van der Waals surface area contributed by atoms with Gasteiger partial charge >= 0.3 is 0 Å². The Balaban J connectivity index is 1.13. The van der Waals surface area contributed by atoms with Crippen molar-refractivity contribution in [3.05, 3.63) is 24.8 Å². The van der Waals surface area contributed by atoms with Crippen LogP contribution in [0.3, 0.4) is 0 Å². The van der Waals surface area contributed by atoms with E-state index in [2.05, 4.69) is 6.58 Å². The van der Waals surface area contributed by atoms with Crippen molar-refractivity contribution in [1.29, 1.82) is 0 Å². The van der Waals surface area contributed by atoms with Crippen LogP contribution < -0.4 is 0 Å². The van der Waals surface area contributed by atoms with Gasteiger partial charge in [-0.25, -0.2) is 0 Å². The summed E-state index contributed by atoms with van der Waals surface area (Å²) in [5.41, 5.74) is 0. The van der Waals surface area contributed by atoms with Crippen molar-refractivity contribution in [3.63, 3.8) is 0 Å². The van der Waals surface area contributed by atoms with Crippen LogP contribution in [0.25, 0.3) is 0 Å². The second-order valence-electron chi connectivity index (χ2n) is 11.6. The van der Waals surface area contributed by atoms with Crippen LogP contribution in [0.2, 0.25) is 0 Å². The molecule has 0 amide bonds. The molecule has 0 saturated heterocycles. The molecule has 0 atom stereocenters. The Bertz CT molecular complexity index is 580. The van der Waals surface area contributed by atoms with Gasteiger partial charge < -0.3 is 4.74 Å². The largest absolute Gasteiger partial charge is 0.374 e. The molecule has 0 aromatic rings. The number of halogens is 2. The molecule has 4 fully saturated rings. The van der Waals surface area contributed by atoms with Gasteiger partial charge in [0.05, 0.1) is 12.7 Å². The van der Waals surface area contributed by atoms with Gasteiger partial charge in [-0.2, -0.15) is 8.78 Å². The average molecular weight is 449 g/mol. The molecule has 0 N–H and O–H groups in total. The van der Waals surface area contributed by atoms with Crippen LogP contribution in [0.5, 0.6) is 0 Å². The molecule has 4 saturated carbocycles. The van der Waals surface area contributed by atoms with Crippen LogP contribution in [0.4, 0.5) is 8.78 Å². The van der Waals surface area contributed by atoms with Gasteiger partial charge in [0, 0.05) is 0 Å². The van der Waals surface area contributed by atoms with E-state index in [0.29, 0.717) is 12.7 Å². The van der Waals surface area contributed by atoms with E-state index >= 15 is 0 Å². The van der Waals surface area contributed by atoms with Gasteiger partial charge in [0.2, 0.25) is 0 Å². The lowest BCUT2D eigenvalue weighted by atomic mass is 9.63. The van der Waals surface area contributed by atoms with E-state index in [9.17, 15) is 8.78 Å². The quantitative estimate of drug-likeness (QED) is 0.353. The molecule has 4 rings (SSSR count). The second kappa shape index (κ2) is 12.1. The van der Waals surface area contributed by atoms with Gasteiger partial charge in [0.1, 0.15) is 0 Å². The predicted octanol–water partition coefficient (Wildman–Crippen LogP) is 8.95. The number of allylic oxidation sites excluding steroid dienone is 1. The highest BCUT2D eigenvalue weighted by Gasteiger charge is 2.36. The van der Waals surface area contributed by atoms with Crippen molar-refractivity contribution in [3.8, 4) is 0 Å². The maximum Gasteiger partial charge on any atom is 0.266 e. The van der Waals surface area contributed by atoms with E-state index in [0.717, 1.165) is 48.3 Å². The molecule has 4 aliphatic rings. The monoisotopic (exact) mass is 448 g/mol. The number of ether oxygens (including phenoxy) is 1. The minimum absolute atomic E-state index is 0.137. The van der Waals surface area contributed by atoms with Gasteiger partial charge in [0.25, 0.3) is 6.08 Å². The number of hydrogen-bond donors (Lipinski definition) is 0. The van der Waals surface area contributed by atoms with Gasteiger partial charge in [0.15, 0.2) is 0 Å². The fraction of sp³-hybridized carbons (Fsp3) is 0.862. The van der Waals surface area contributed by atoms with E-state index in [1.807, 2.05) is 6.08 Å². The van der Waals surface area contributed by atoms with Crippen molar-refractivity contribution >= 4 is 0 Å². The van der Waals surface area contributed by atoms with E-state index in [4.69, 9.17) is 4.74 Å². The zero-order valence-electron chi connectivity index (χ0n) is 20.2. The molecule has 0 aromatic carbocycles. The van der Waals surface area contributed by atoms with Crippen LogP contribution >= 0.6 is 0 Å². The molecule has 0 spiro atoms. The summed E-state index contributed by atoms with van der Waals surface area (Å²) in [5, 5.41) is 0. The summed E-state index contributed by atoms with van der Waals surface area (Å²) >= 11 is 0. The maximum atomic E-state index is 12.5. The Hall–Kier alpha value is -0.700. The summed E-state index contributed by atoms with van der Waals surface area (Å²) in [7, 11) is 0. The van der Waals surface area contributed by atoms with E-state index < -0.39 is 6.08 Å². The molecule has 32 heavy (non-hydrogen) atoms. The summed E-state index contributed by atoms with van der Waals surface area (Å²) in [6, 6.07) is 0. The Morgan fingerprint density at radius 3 is 1.28 bits per heavy atom. The molecule has 1 nitrogen and oxygen atoms in total. The molecule has 3 heteroatoms. The summed E-state index contributed by atoms with van der Waals surface area (Å²) in [6.07, 6.45) is 23.2. The predicted molar refractivity (Wildman–Crippen MR) is 129 cm³/mol. The molecule has 0 aliphatic heterocycles. The first-order chi connectivity index (χ1) is 15.6. The lowest BCUT2D eigenvalue weighted by Crippen LogP contribution is -2.32. The second-order valence-corrected chi connectivity index (χ2v) is 11.6. The third kappa shape index (κ3) is 6.67. The molecule has 0 aromatic heterocycles. The smallest absolute Gasteiger partial charge is 0.266 e. The lowest BCUT2D eigenvalue weighted by Gasteiger charge is -2.43. The number of rotatable bonds is 7. The molecule has 4 aliphatic carbocycles. The van der Waals surface area contributed by atoms with Gasteiger partial charge in [-0.1, -0.05) is 6.08 Å².